The fourth-order valence-corrected chi connectivity index (χ4v) is 1.22. The highest BCUT2D eigenvalue weighted by molar-refractivity contribution is 5.82. The molecule has 1 aromatic carbocycles. The van der Waals surface area contributed by atoms with Gasteiger partial charge in [0.25, 0.3) is 0 Å². The van der Waals surface area contributed by atoms with Gasteiger partial charge in [0.15, 0.2) is 0 Å². The molecule has 0 unspecified atom stereocenters. The minimum absolute atomic E-state index is 0.614. The van der Waals surface area contributed by atoms with Crippen molar-refractivity contribution in [1.82, 2.24) is 4.98 Å². The molecule has 0 bridgehead atoms. The molecular formula is C10H7N3. The van der Waals surface area contributed by atoms with Crippen LogP contribution in [-0.4, -0.2) is 4.98 Å². The van der Waals surface area contributed by atoms with E-state index in [1.165, 1.54) is 0 Å². The van der Waals surface area contributed by atoms with Crippen molar-refractivity contribution >= 4 is 16.6 Å². The van der Waals surface area contributed by atoms with Gasteiger partial charge in [-0.15, -0.1) is 0 Å². The van der Waals surface area contributed by atoms with Gasteiger partial charge in [-0.3, -0.25) is 4.98 Å². The molecule has 2 N–H and O–H groups in total. The van der Waals surface area contributed by atoms with Crippen molar-refractivity contribution in [3.05, 3.63) is 36.0 Å². The van der Waals surface area contributed by atoms with Gasteiger partial charge in [-0.25, -0.2) is 0 Å². The average molecular weight is 169 g/mol. The minimum Gasteiger partial charge on any atom is -0.397 e. The van der Waals surface area contributed by atoms with E-state index in [9.17, 15) is 0 Å². The summed E-state index contributed by atoms with van der Waals surface area (Å²) in [6.45, 7) is 0. The number of nitrogen functional groups attached to an aromatic ring is 1. The Kier molecular flexibility index (Phi) is 1.60. The molecule has 2 rings (SSSR count). The number of hydrogen-bond acceptors (Lipinski definition) is 3. The molecule has 0 saturated heterocycles. The van der Waals surface area contributed by atoms with E-state index in [2.05, 4.69) is 11.1 Å². The molecule has 13 heavy (non-hydrogen) atoms. The van der Waals surface area contributed by atoms with Gasteiger partial charge in [-0.2, -0.15) is 5.26 Å². The Morgan fingerprint density at radius 2 is 2.15 bits per heavy atom. The van der Waals surface area contributed by atoms with Gasteiger partial charge >= 0.3 is 0 Å². The van der Waals surface area contributed by atoms with Crippen LogP contribution in [0.25, 0.3) is 10.9 Å². The van der Waals surface area contributed by atoms with Crippen LogP contribution in [0.5, 0.6) is 0 Å². The Bertz CT molecular complexity index is 497. The largest absolute Gasteiger partial charge is 0.397 e. The van der Waals surface area contributed by atoms with Crippen LogP contribution < -0.4 is 5.73 Å². The molecule has 3 nitrogen and oxygen atoms in total. The number of nitrogens with two attached hydrogens (primary N) is 1. The van der Waals surface area contributed by atoms with Crippen molar-refractivity contribution in [2.24, 2.45) is 0 Å². The lowest BCUT2D eigenvalue weighted by Crippen LogP contribution is -1.87. The van der Waals surface area contributed by atoms with E-state index in [1.807, 2.05) is 12.1 Å². The lowest BCUT2D eigenvalue weighted by Gasteiger charge is -1.97. The third-order valence-corrected chi connectivity index (χ3v) is 1.83. The quantitative estimate of drug-likeness (QED) is 0.652. The van der Waals surface area contributed by atoms with Gasteiger partial charge < -0.3 is 5.73 Å². The Morgan fingerprint density at radius 3 is 2.92 bits per heavy atom. The molecule has 0 atom stereocenters. The molecular weight excluding hydrogens is 162 g/mol. The van der Waals surface area contributed by atoms with Crippen molar-refractivity contribution in [2.45, 2.75) is 0 Å². The molecule has 0 aliphatic heterocycles. The van der Waals surface area contributed by atoms with Crippen LogP contribution in [0.4, 0.5) is 5.69 Å². The highest BCUT2D eigenvalue weighted by Crippen LogP contribution is 2.15. The third-order valence-electron chi connectivity index (χ3n) is 1.83. The van der Waals surface area contributed by atoms with E-state index < -0.39 is 0 Å². The number of nitrogens with zero attached hydrogens (tertiary/aromatic N) is 2. The molecule has 0 radical (unpaired) electrons. The van der Waals surface area contributed by atoms with Crippen LogP contribution in [0.3, 0.4) is 0 Å². The second-order valence-electron chi connectivity index (χ2n) is 2.79. The SMILES string of the molecule is N#Cc1ccc2ncc(N)cc2c1. The maximum atomic E-state index is 8.66. The van der Waals surface area contributed by atoms with Crippen molar-refractivity contribution in [1.29, 1.82) is 5.26 Å². The molecule has 0 aliphatic carbocycles. The fraction of sp³-hybridized carbons (Fsp3) is 0. The van der Waals surface area contributed by atoms with Crippen LogP contribution in [0, 0.1) is 11.3 Å². The second-order valence-corrected chi connectivity index (χ2v) is 2.79. The van der Waals surface area contributed by atoms with E-state index >= 15 is 0 Å². The van der Waals surface area contributed by atoms with Crippen molar-refractivity contribution in [3.63, 3.8) is 0 Å². The summed E-state index contributed by atoms with van der Waals surface area (Å²) in [6.07, 6.45) is 1.61. The first kappa shape index (κ1) is 7.56. The van der Waals surface area contributed by atoms with Gasteiger partial charge in [-0.1, -0.05) is 0 Å². The number of benzene rings is 1. The zero-order chi connectivity index (χ0) is 9.26. The summed E-state index contributed by atoms with van der Waals surface area (Å²) in [4.78, 5) is 4.12. The Morgan fingerprint density at radius 1 is 1.31 bits per heavy atom. The molecule has 2 aromatic rings. The first-order valence-corrected chi connectivity index (χ1v) is 3.85. The maximum absolute atomic E-state index is 8.66. The summed E-state index contributed by atoms with van der Waals surface area (Å²) < 4.78 is 0. The zero-order valence-corrected chi connectivity index (χ0v) is 6.86. The summed E-state index contributed by atoms with van der Waals surface area (Å²) in [5.41, 5.74) is 7.66. The van der Waals surface area contributed by atoms with Crippen LogP contribution >= 0.6 is 0 Å². The molecule has 1 heterocycles. The Hall–Kier alpha value is -2.08. The Balaban J connectivity index is 2.77. The number of anilines is 1. The lowest BCUT2D eigenvalue weighted by atomic mass is 10.1. The summed E-state index contributed by atoms with van der Waals surface area (Å²) in [5, 5.41) is 9.57. The number of fused-ring (bicyclic) bond motifs is 1. The monoisotopic (exact) mass is 169 g/mol. The van der Waals surface area contributed by atoms with E-state index in [4.69, 9.17) is 11.0 Å². The number of aromatic nitrogens is 1. The van der Waals surface area contributed by atoms with Gasteiger partial charge in [0.1, 0.15) is 0 Å². The summed E-state index contributed by atoms with van der Waals surface area (Å²) in [6, 6.07) is 9.21. The number of hydrogen-bond donors (Lipinski definition) is 1. The van der Waals surface area contributed by atoms with E-state index in [0.717, 1.165) is 10.9 Å². The van der Waals surface area contributed by atoms with E-state index in [0.29, 0.717) is 11.3 Å². The van der Waals surface area contributed by atoms with Crippen LogP contribution in [0.1, 0.15) is 5.56 Å². The first-order valence-electron chi connectivity index (χ1n) is 3.85. The number of nitriles is 1. The molecule has 1 aromatic heterocycles. The lowest BCUT2D eigenvalue weighted by molar-refractivity contribution is 1.41. The molecule has 0 aliphatic rings. The van der Waals surface area contributed by atoms with Crippen LogP contribution in [-0.2, 0) is 0 Å². The molecule has 0 amide bonds. The predicted octanol–water partition coefficient (Wildman–Crippen LogP) is 1.69. The maximum Gasteiger partial charge on any atom is 0.0991 e. The van der Waals surface area contributed by atoms with Crippen LogP contribution in [0.15, 0.2) is 30.5 Å². The molecule has 62 valence electrons. The summed E-state index contributed by atoms with van der Waals surface area (Å²) in [5.74, 6) is 0. The second kappa shape index (κ2) is 2.76. The minimum atomic E-state index is 0.614. The number of pyridine rings is 1. The standard InChI is InChI=1S/C10H7N3/c11-5-7-1-2-10-8(3-7)4-9(12)6-13-10/h1-4,6H,12H2. The smallest absolute Gasteiger partial charge is 0.0991 e. The fourth-order valence-electron chi connectivity index (χ4n) is 1.22. The van der Waals surface area contributed by atoms with Gasteiger partial charge in [0.05, 0.1) is 29.0 Å². The highest BCUT2D eigenvalue weighted by atomic mass is 14.7. The topological polar surface area (TPSA) is 62.7 Å². The van der Waals surface area contributed by atoms with Crippen molar-refractivity contribution < 1.29 is 0 Å². The molecule has 0 fully saturated rings. The number of rotatable bonds is 0. The average Bonchev–Trinajstić information content (AvgIpc) is 2.16. The van der Waals surface area contributed by atoms with Gasteiger partial charge in [-0.05, 0) is 24.3 Å². The highest BCUT2D eigenvalue weighted by Gasteiger charge is 1.96. The molecule has 0 saturated carbocycles. The van der Waals surface area contributed by atoms with E-state index in [-0.39, 0.29) is 0 Å². The third kappa shape index (κ3) is 1.30. The van der Waals surface area contributed by atoms with Gasteiger partial charge in [0.2, 0.25) is 0 Å². The summed E-state index contributed by atoms with van der Waals surface area (Å²) in [7, 11) is 0. The first-order chi connectivity index (χ1) is 6.29. The normalized spacial score (nSPS) is 9.77. The Labute approximate surface area is 75.4 Å². The van der Waals surface area contributed by atoms with Gasteiger partial charge in [0, 0.05) is 5.39 Å². The van der Waals surface area contributed by atoms with Crippen molar-refractivity contribution in [2.75, 3.05) is 5.73 Å². The molecule has 3 heteroatoms. The predicted molar refractivity (Wildman–Crippen MR) is 50.9 cm³/mol. The van der Waals surface area contributed by atoms with Crippen molar-refractivity contribution in [3.8, 4) is 6.07 Å². The van der Waals surface area contributed by atoms with E-state index in [1.54, 1.807) is 18.3 Å². The van der Waals surface area contributed by atoms with Crippen LogP contribution in [0.2, 0.25) is 0 Å². The molecule has 0 spiro atoms. The summed E-state index contributed by atoms with van der Waals surface area (Å²) >= 11 is 0. The zero-order valence-electron chi connectivity index (χ0n) is 6.86.